The van der Waals surface area contributed by atoms with E-state index in [1.807, 2.05) is 11.8 Å². The number of H-pyrrole nitrogens is 1. The van der Waals surface area contributed by atoms with Crippen molar-refractivity contribution in [2.24, 2.45) is 0 Å². The Morgan fingerprint density at radius 2 is 2.29 bits per heavy atom. The summed E-state index contributed by atoms with van der Waals surface area (Å²) in [5.74, 6) is 0.296. The number of ether oxygens (including phenoxy) is 1. The van der Waals surface area contributed by atoms with E-state index < -0.39 is 6.10 Å². The number of hydrogen-bond donors (Lipinski definition) is 2. The van der Waals surface area contributed by atoms with E-state index in [-0.39, 0.29) is 5.91 Å². The van der Waals surface area contributed by atoms with E-state index in [1.165, 1.54) is 6.33 Å². The van der Waals surface area contributed by atoms with Crippen molar-refractivity contribution in [2.75, 3.05) is 29.9 Å². The molecule has 8 heteroatoms. The lowest BCUT2D eigenvalue weighted by molar-refractivity contribution is -0.128. The number of hydrogen-bond acceptors (Lipinski definition) is 6. The van der Waals surface area contributed by atoms with Gasteiger partial charge in [0.1, 0.15) is 6.33 Å². The third-order valence-electron chi connectivity index (χ3n) is 3.23. The molecule has 0 aliphatic carbocycles. The Kier molecular flexibility index (Phi) is 3.78. The van der Waals surface area contributed by atoms with Crippen LogP contribution < -0.4 is 10.2 Å². The molecule has 3 heterocycles. The molecule has 8 nitrogen and oxygen atoms in total. The number of nitrogens with zero attached hydrogens (tertiary/aromatic N) is 4. The second-order valence-corrected chi connectivity index (χ2v) is 4.83. The summed E-state index contributed by atoms with van der Waals surface area (Å²) in [7, 11) is 0. The maximum Gasteiger partial charge on any atom is 0.256 e. The lowest BCUT2D eigenvalue weighted by Crippen LogP contribution is -2.48. The van der Waals surface area contributed by atoms with E-state index in [9.17, 15) is 4.79 Å². The SMILES string of the molecule is Cc1cc(NC(=O)C2CN(c3cncnc3)CCO2)n[nH]1. The second-order valence-electron chi connectivity index (χ2n) is 4.83. The third kappa shape index (κ3) is 3.16. The van der Waals surface area contributed by atoms with Gasteiger partial charge in [-0.2, -0.15) is 5.10 Å². The zero-order chi connectivity index (χ0) is 14.7. The van der Waals surface area contributed by atoms with E-state index in [0.717, 1.165) is 11.4 Å². The monoisotopic (exact) mass is 288 g/mol. The van der Waals surface area contributed by atoms with Crippen molar-refractivity contribution in [1.29, 1.82) is 0 Å². The summed E-state index contributed by atoms with van der Waals surface area (Å²) < 4.78 is 5.54. The van der Waals surface area contributed by atoms with Crippen LogP contribution in [-0.4, -0.2) is 51.9 Å². The molecule has 2 N–H and O–H groups in total. The molecule has 1 atom stereocenters. The fourth-order valence-electron chi connectivity index (χ4n) is 2.19. The van der Waals surface area contributed by atoms with Crippen molar-refractivity contribution in [3.8, 4) is 0 Å². The minimum absolute atomic E-state index is 0.206. The molecule has 0 radical (unpaired) electrons. The van der Waals surface area contributed by atoms with E-state index in [4.69, 9.17) is 4.74 Å². The normalized spacial score (nSPS) is 18.5. The number of morpholine rings is 1. The second kappa shape index (κ2) is 5.88. The van der Waals surface area contributed by atoms with Crippen LogP contribution in [0, 0.1) is 6.92 Å². The number of aryl methyl sites for hydroxylation is 1. The molecule has 1 saturated heterocycles. The first-order valence-electron chi connectivity index (χ1n) is 6.67. The number of carbonyl (C=O) groups is 1. The largest absolute Gasteiger partial charge is 0.365 e. The van der Waals surface area contributed by atoms with Crippen LogP contribution >= 0.6 is 0 Å². The molecule has 1 aliphatic heterocycles. The highest BCUT2D eigenvalue weighted by atomic mass is 16.5. The molecule has 1 amide bonds. The maximum atomic E-state index is 12.2. The summed E-state index contributed by atoms with van der Waals surface area (Å²) in [5.41, 5.74) is 1.77. The first kappa shape index (κ1) is 13.5. The summed E-state index contributed by atoms with van der Waals surface area (Å²) in [4.78, 5) is 22.2. The minimum Gasteiger partial charge on any atom is -0.365 e. The van der Waals surface area contributed by atoms with Crippen molar-refractivity contribution in [2.45, 2.75) is 13.0 Å². The number of aromatic amines is 1. The lowest BCUT2D eigenvalue weighted by Gasteiger charge is -2.33. The molecule has 3 rings (SSSR count). The highest BCUT2D eigenvalue weighted by Crippen LogP contribution is 2.16. The van der Waals surface area contributed by atoms with Crippen LogP contribution in [0.3, 0.4) is 0 Å². The average Bonchev–Trinajstić information content (AvgIpc) is 2.93. The molecular formula is C13H16N6O2. The quantitative estimate of drug-likeness (QED) is 0.846. The number of carbonyl (C=O) groups excluding carboxylic acids is 1. The fraction of sp³-hybridized carbons (Fsp3) is 0.385. The highest BCUT2D eigenvalue weighted by Gasteiger charge is 2.27. The van der Waals surface area contributed by atoms with Crippen molar-refractivity contribution in [1.82, 2.24) is 20.2 Å². The molecule has 1 unspecified atom stereocenters. The van der Waals surface area contributed by atoms with Crippen LogP contribution in [-0.2, 0) is 9.53 Å². The molecule has 0 saturated carbocycles. The average molecular weight is 288 g/mol. The first-order chi connectivity index (χ1) is 10.2. The Morgan fingerprint density at radius 1 is 1.48 bits per heavy atom. The standard InChI is InChI=1S/C13H16N6O2/c1-9-4-12(18-17-9)16-13(20)11-7-19(2-3-21-11)10-5-14-8-15-6-10/h4-6,8,11H,2-3,7H2,1H3,(H2,16,17,18,20). The molecule has 1 fully saturated rings. The van der Waals surface area contributed by atoms with Gasteiger partial charge in [0, 0.05) is 18.3 Å². The van der Waals surface area contributed by atoms with Gasteiger partial charge in [0.15, 0.2) is 11.9 Å². The van der Waals surface area contributed by atoms with E-state index in [1.54, 1.807) is 18.5 Å². The number of anilines is 2. The Balaban J connectivity index is 1.64. The van der Waals surface area contributed by atoms with Gasteiger partial charge in [-0.25, -0.2) is 9.97 Å². The molecule has 2 aromatic heterocycles. The first-order valence-corrected chi connectivity index (χ1v) is 6.67. The molecule has 2 aromatic rings. The molecule has 0 spiro atoms. The smallest absolute Gasteiger partial charge is 0.256 e. The van der Waals surface area contributed by atoms with Crippen LogP contribution in [0.5, 0.6) is 0 Å². The summed E-state index contributed by atoms with van der Waals surface area (Å²) in [6.07, 6.45) is 4.39. The molecule has 110 valence electrons. The van der Waals surface area contributed by atoms with Gasteiger partial charge in [-0.05, 0) is 6.92 Å². The van der Waals surface area contributed by atoms with Gasteiger partial charge < -0.3 is 15.0 Å². The minimum atomic E-state index is -0.545. The van der Waals surface area contributed by atoms with Crippen LogP contribution in [0.4, 0.5) is 11.5 Å². The van der Waals surface area contributed by atoms with Crippen LogP contribution in [0.2, 0.25) is 0 Å². The van der Waals surface area contributed by atoms with Crippen molar-refractivity contribution in [3.05, 3.63) is 30.5 Å². The van der Waals surface area contributed by atoms with E-state index in [0.29, 0.717) is 25.5 Å². The van der Waals surface area contributed by atoms with Crippen molar-refractivity contribution in [3.63, 3.8) is 0 Å². The van der Waals surface area contributed by atoms with Gasteiger partial charge in [0.25, 0.3) is 5.91 Å². The molecule has 0 aromatic carbocycles. The Labute approximate surface area is 121 Å². The number of amides is 1. The number of nitrogens with one attached hydrogen (secondary N) is 2. The predicted octanol–water partition coefficient (Wildman–Crippen LogP) is 0.352. The van der Waals surface area contributed by atoms with Gasteiger partial charge in [-0.3, -0.25) is 9.89 Å². The summed E-state index contributed by atoms with van der Waals surface area (Å²) in [6, 6.07) is 1.77. The van der Waals surface area contributed by atoms with Gasteiger partial charge in [0.05, 0.1) is 31.2 Å². The Hall–Kier alpha value is -2.48. The van der Waals surface area contributed by atoms with Crippen molar-refractivity contribution < 1.29 is 9.53 Å². The number of rotatable bonds is 3. The summed E-state index contributed by atoms with van der Waals surface area (Å²) >= 11 is 0. The molecule has 21 heavy (non-hydrogen) atoms. The lowest BCUT2D eigenvalue weighted by atomic mass is 10.2. The zero-order valence-electron chi connectivity index (χ0n) is 11.6. The maximum absolute atomic E-state index is 12.2. The van der Waals surface area contributed by atoms with Gasteiger partial charge in [-0.1, -0.05) is 0 Å². The fourth-order valence-corrected chi connectivity index (χ4v) is 2.19. The molecular weight excluding hydrogens is 272 g/mol. The summed E-state index contributed by atoms with van der Waals surface area (Å²) in [5, 5.41) is 9.50. The van der Waals surface area contributed by atoms with Crippen LogP contribution in [0.25, 0.3) is 0 Å². The summed E-state index contributed by atoms with van der Waals surface area (Å²) in [6.45, 7) is 3.52. The Bertz CT molecular complexity index is 614. The molecule has 1 aliphatic rings. The zero-order valence-corrected chi connectivity index (χ0v) is 11.6. The highest BCUT2D eigenvalue weighted by molar-refractivity contribution is 5.94. The van der Waals surface area contributed by atoms with E-state index >= 15 is 0 Å². The predicted molar refractivity (Wildman–Crippen MR) is 75.9 cm³/mol. The molecule has 0 bridgehead atoms. The van der Waals surface area contributed by atoms with E-state index in [2.05, 4.69) is 25.5 Å². The Morgan fingerprint density at radius 3 is 3.00 bits per heavy atom. The van der Waals surface area contributed by atoms with Crippen LogP contribution in [0.15, 0.2) is 24.8 Å². The van der Waals surface area contributed by atoms with Gasteiger partial charge in [-0.15, -0.1) is 0 Å². The third-order valence-corrected chi connectivity index (χ3v) is 3.23. The number of aromatic nitrogens is 4. The van der Waals surface area contributed by atoms with Crippen LogP contribution in [0.1, 0.15) is 5.69 Å². The van der Waals surface area contributed by atoms with Gasteiger partial charge >= 0.3 is 0 Å². The van der Waals surface area contributed by atoms with Crippen molar-refractivity contribution >= 4 is 17.4 Å². The topological polar surface area (TPSA) is 96.0 Å². The van der Waals surface area contributed by atoms with Gasteiger partial charge in [0.2, 0.25) is 0 Å².